The lowest BCUT2D eigenvalue weighted by Gasteiger charge is -2.17. The van der Waals surface area contributed by atoms with E-state index in [1.807, 2.05) is 0 Å². The molecule has 0 fully saturated rings. The molecule has 20 heavy (non-hydrogen) atoms. The van der Waals surface area contributed by atoms with Gasteiger partial charge >= 0.3 is 0 Å². The van der Waals surface area contributed by atoms with Crippen LogP contribution in [0, 0.1) is 13.8 Å². The largest absolute Gasteiger partial charge is 0.0786 e. The first-order valence-electron chi connectivity index (χ1n) is 7.39. The predicted octanol–water partition coefficient (Wildman–Crippen LogP) is 5.91. The number of rotatable bonds is 4. The molecular weight excluding hydrogens is 308 g/mol. The Kier molecular flexibility index (Phi) is 5.04. The molecule has 1 atom stereocenters. The van der Waals surface area contributed by atoms with Crippen LogP contribution >= 0.6 is 15.9 Å². The van der Waals surface area contributed by atoms with Crippen molar-refractivity contribution in [3.8, 4) is 0 Å². The second-order valence-electron chi connectivity index (χ2n) is 5.52. The summed E-state index contributed by atoms with van der Waals surface area (Å²) in [7, 11) is 0. The van der Waals surface area contributed by atoms with E-state index in [0.717, 1.165) is 12.8 Å². The fourth-order valence-corrected chi connectivity index (χ4v) is 3.45. The van der Waals surface area contributed by atoms with Crippen molar-refractivity contribution in [3.05, 3.63) is 69.8 Å². The molecule has 0 nitrogen and oxygen atoms in total. The molecule has 0 radical (unpaired) electrons. The van der Waals surface area contributed by atoms with Crippen molar-refractivity contribution in [2.24, 2.45) is 0 Å². The smallest absolute Gasteiger partial charge is 0.0647 e. The molecule has 0 spiro atoms. The quantitative estimate of drug-likeness (QED) is 0.611. The number of alkyl halides is 1. The lowest BCUT2D eigenvalue weighted by Crippen LogP contribution is -2.00. The van der Waals surface area contributed by atoms with E-state index >= 15 is 0 Å². The molecule has 0 heterocycles. The SMILES string of the molecule is CCc1ccc(CC)c(C(Br)c2cc(C)cc(C)c2)c1. The van der Waals surface area contributed by atoms with Crippen molar-refractivity contribution in [2.75, 3.05) is 0 Å². The summed E-state index contributed by atoms with van der Waals surface area (Å²) < 4.78 is 0. The average Bonchev–Trinajstić information content (AvgIpc) is 2.44. The Balaban J connectivity index is 2.48. The van der Waals surface area contributed by atoms with E-state index in [1.54, 1.807) is 0 Å². The van der Waals surface area contributed by atoms with Crippen molar-refractivity contribution >= 4 is 15.9 Å². The highest BCUT2D eigenvalue weighted by Crippen LogP contribution is 2.34. The number of benzene rings is 2. The summed E-state index contributed by atoms with van der Waals surface area (Å²) >= 11 is 3.92. The first-order valence-corrected chi connectivity index (χ1v) is 8.30. The molecule has 1 heteroatoms. The minimum absolute atomic E-state index is 0.280. The summed E-state index contributed by atoms with van der Waals surface area (Å²) in [4.78, 5) is 0.280. The van der Waals surface area contributed by atoms with E-state index in [-0.39, 0.29) is 4.83 Å². The third-order valence-corrected chi connectivity index (χ3v) is 4.83. The van der Waals surface area contributed by atoms with Gasteiger partial charge in [0.15, 0.2) is 0 Å². The fourth-order valence-electron chi connectivity index (χ4n) is 2.76. The van der Waals surface area contributed by atoms with Gasteiger partial charge < -0.3 is 0 Å². The third-order valence-electron chi connectivity index (χ3n) is 3.81. The molecule has 2 aromatic rings. The van der Waals surface area contributed by atoms with E-state index in [2.05, 4.69) is 80.0 Å². The fraction of sp³-hybridized carbons (Fsp3) is 0.368. The monoisotopic (exact) mass is 330 g/mol. The minimum Gasteiger partial charge on any atom is -0.0786 e. The summed E-state index contributed by atoms with van der Waals surface area (Å²) in [6.07, 6.45) is 2.16. The Hall–Kier alpha value is -1.08. The zero-order valence-corrected chi connectivity index (χ0v) is 14.4. The number of hydrogen-bond donors (Lipinski definition) is 0. The molecule has 0 aliphatic carbocycles. The van der Waals surface area contributed by atoms with Crippen LogP contribution in [0.4, 0.5) is 0 Å². The van der Waals surface area contributed by atoms with Gasteiger partial charge in [0, 0.05) is 0 Å². The second kappa shape index (κ2) is 6.58. The van der Waals surface area contributed by atoms with E-state index in [1.165, 1.54) is 33.4 Å². The Labute approximate surface area is 131 Å². The summed E-state index contributed by atoms with van der Waals surface area (Å²) in [5, 5.41) is 0. The number of hydrogen-bond acceptors (Lipinski definition) is 0. The molecule has 0 aliphatic rings. The molecule has 0 bridgehead atoms. The highest BCUT2D eigenvalue weighted by molar-refractivity contribution is 9.09. The van der Waals surface area contributed by atoms with Crippen LogP contribution in [0.5, 0.6) is 0 Å². The zero-order valence-electron chi connectivity index (χ0n) is 12.8. The molecule has 0 N–H and O–H groups in total. The molecule has 2 aromatic carbocycles. The molecule has 0 aliphatic heterocycles. The van der Waals surface area contributed by atoms with Crippen LogP contribution in [-0.4, -0.2) is 0 Å². The maximum absolute atomic E-state index is 3.92. The highest BCUT2D eigenvalue weighted by atomic mass is 79.9. The summed E-state index contributed by atoms with van der Waals surface area (Å²) in [6.45, 7) is 8.77. The topological polar surface area (TPSA) is 0 Å². The van der Waals surface area contributed by atoms with Crippen molar-refractivity contribution in [1.82, 2.24) is 0 Å². The molecule has 0 saturated carbocycles. The van der Waals surface area contributed by atoms with E-state index in [0.29, 0.717) is 0 Å². The minimum atomic E-state index is 0.280. The lowest BCUT2D eigenvalue weighted by atomic mass is 9.94. The zero-order chi connectivity index (χ0) is 14.7. The van der Waals surface area contributed by atoms with E-state index in [4.69, 9.17) is 0 Å². The van der Waals surface area contributed by atoms with Crippen LogP contribution < -0.4 is 0 Å². The highest BCUT2D eigenvalue weighted by Gasteiger charge is 2.15. The van der Waals surface area contributed by atoms with Gasteiger partial charge in [-0.05, 0) is 48.9 Å². The maximum atomic E-state index is 3.92. The van der Waals surface area contributed by atoms with Crippen LogP contribution in [-0.2, 0) is 12.8 Å². The second-order valence-corrected chi connectivity index (χ2v) is 6.44. The Morgan fingerprint density at radius 3 is 2.10 bits per heavy atom. The van der Waals surface area contributed by atoms with Gasteiger partial charge in [0.2, 0.25) is 0 Å². The van der Waals surface area contributed by atoms with E-state index < -0.39 is 0 Å². The van der Waals surface area contributed by atoms with Gasteiger partial charge in [-0.2, -0.15) is 0 Å². The predicted molar refractivity (Wildman–Crippen MR) is 91.9 cm³/mol. The van der Waals surface area contributed by atoms with Gasteiger partial charge in [-0.1, -0.05) is 77.3 Å². The van der Waals surface area contributed by atoms with Gasteiger partial charge in [-0.25, -0.2) is 0 Å². The molecule has 1 unspecified atom stereocenters. The van der Waals surface area contributed by atoms with Crippen molar-refractivity contribution in [2.45, 2.75) is 45.4 Å². The standard InChI is InChI=1S/C19H23Br/c1-5-15-7-8-16(6-2)18(12-15)19(20)17-10-13(3)9-14(4)11-17/h7-12,19H,5-6H2,1-4H3. The van der Waals surface area contributed by atoms with Crippen LogP contribution in [0.25, 0.3) is 0 Å². The first-order chi connectivity index (χ1) is 9.55. The van der Waals surface area contributed by atoms with Crippen LogP contribution in [0.3, 0.4) is 0 Å². The molecule has 0 amide bonds. The first kappa shape index (κ1) is 15.3. The molecule has 2 rings (SSSR count). The van der Waals surface area contributed by atoms with Crippen molar-refractivity contribution in [3.63, 3.8) is 0 Å². The molecule has 0 aromatic heterocycles. The van der Waals surface area contributed by atoms with Crippen molar-refractivity contribution < 1.29 is 0 Å². The van der Waals surface area contributed by atoms with Gasteiger partial charge in [0.25, 0.3) is 0 Å². The van der Waals surface area contributed by atoms with E-state index in [9.17, 15) is 0 Å². The van der Waals surface area contributed by atoms with Gasteiger partial charge in [0.05, 0.1) is 4.83 Å². The molecular formula is C19H23Br. The molecule has 106 valence electrons. The van der Waals surface area contributed by atoms with Crippen LogP contribution in [0.1, 0.15) is 52.1 Å². The summed E-state index contributed by atoms with van der Waals surface area (Å²) in [5.74, 6) is 0. The maximum Gasteiger partial charge on any atom is 0.0647 e. The van der Waals surface area contributed by atoms with Gasteiger partial charge in [-0.15, -0.1) is 0 Å². The number of aryl methyl sites for hydroxylation is 4. The van der Waals surface area contributed by atoms with Gasteiger partial charge in [-0.3, -0.25) is 0 Å². The number of halogens is 1. The van der Waals surface area contributed by atoms with Crippen LogP contribution in [0.15, 0.2) is 36.4 Å². The van der Waals surface area contributed by atoms with Gasteiger partial charge in [0.1, 0.15) is 0 Å². The van der Waals surface area contributed by atoms with Crippen molar-refractivity contribution in [1.29, 1.82) is 0 Å². The Morgan fingerprint density at radius 1 is 0.900 bits per heavy atom. The Bertz CT molecular complexity index is 578. The Morgan fingerprint density at radius 2 is 1.55 bits per heavy atom. The summed E-state index contributed by atoms with van der Waals surface area (Å²) in [6, 6.07) is 13.7. The normalized spacial score (nSPS) is 12.4. The lowest BCUT2D eigenvalue weighted by molar-refractivity contribution is 1.03. The summed E-state index contributed by atoms with van der Waals surface area (Å²) in [5.41, 5.74) is 8.26. The van der Waals surface area contributed by atoms with Crippen LogP contribution in [0.2, 0.25) is 0 Å². The third kappa shape index (κ3) is 3.32. The molecule has 0 saturated heterocycles. The average molecular weight is 331 g/mol.